The first-order valence-electron chi connectivity index (χ1n) is 6.60. The minimum Gasteiger partial charge on any atom is -0.441 e. The van der Waals surface area contributed by atoms with E-state index in [0.29, 0.717) is 18.0 Å². The van der Waals surface area contributed by atoms with Crippen molar-refractivity contribution in [2.45, 2.75) is 39.2 Å². The molecule has 1 atom stereocenters. The highest BCUT2D eigenvalue weighted by atomic mass is 16.3. The summed E-state index contributed by atoms with van der Waals surface area (Å²) in [5.41, 5.74) is 7.94. The number of nitrogens with zero attached hydrogens (tertiary/aromatic N) is 1. The van der Waals surface area contributed by atoms with E-state index in [0.717, 1.165) is 23.9 Å². The van der Waals surface area contributed by atoms with Crippen molar-refractivity contribution in [2.24, 2.45) is 5.73 Å². The number of hydrogen-bond donors (Lipinski definition) is 2. The molecule has 0 aliphatic rings. The van der Waals surface area contributed by atoms with E-state index in [1.165, 1.54) is 0 Å². The second kappa shape index (κ2) is 5.84. The number of hydrogen-bond acceptors (Lipinski definition) is 4. The third-order valence-corrected chi connectivity index (χ3v) is 2.94. The molecule has 2 rings (SSSR count). The normalized spacial score (nSPS) is 12.6. The molecule has 0 saturated heterocycles. The summed E-state index contributed by atoms with van der Waals surface area (Å²) < 4.78 is 5.51. The predicted molar refractivity (Wildman–Crippen MR) is 74.9 cm³/mol. The summed E-state index contributed by atoms with van der Waals surface area (Å²) in [5, 5.41) is 2.80. The quantitative estimate of drug-likeness (QED) is 0.866. The molecule has 5 heteroatoms. The lowest BCUT2D eigenvalue weighted by Crippen LogP contribution is -2.35. The number of carbonyl (C=O) groups is 1. The highest BCUT2D eigenvalue weighted by molar-refractivity contribution is 5.96. The summed E-state index contributed by atoms with van der Waals surface area (Å²) in [6, 6.07) is 4.93. The van der Waals surface area contributed by atoms with Crippen LogP contribution in [0.2, 0.25) is 0 Å². The van der Waals surface area contributed by atoms with E-state index in [2.05, 4.69) is 10.3 Å². The molecule has 0 saturated carbocycles. The zero-order valence-electron chi connectivity index (χ0n) is 11.3. The van der Waals surface area contributed by atoms with E-state index < -0.39 is 6.04 Å². The van der Waals surface area contributed by atoms with Gasteiger partial charge in [-0.15, -0.1) is 0 Å². The van der Waals surface area contributed by atoms with Crippen LogP contribution < -0.4 is 11.1 Å². The molecule has 0 aliphatic heterocycles. The average molecular weight is 261 g/mol. The van der Waals surface area contributed by atoms with Crippen LogP contribution in [0.4, 0.5) is 5.69 Å². The molecule has 1 heterocycles. The Labute approximate surface area is 112 Å². The molecule has 5 nitrogen and oxygen atoms in total. The van der Waals surface area contributed by atoms with Crippen LogP contribution in [0.3, 0.4) is 0 Å². The van der Waals surface area contributed by atoms with Gasteiger partial charge in [0.15, 0.2) is 11.5 Å². The number of aromatic nitrogens is 1. The lowest BCUT2D eigenvalue weighted by atomic mass is 10.1. The van der Waals surface area contributed by atoms with Crippen LogP contribution in [0, 0.1) is 0 Å². The highest BCUT2D eigenvalue weighted by Crippen LogP contribution is 2.20. The topological polar surface area (TPSA) is 81.2 Å². The van der Waals surface area contributed by atoms with E-state index >= 15 is 0 Å². The number of fused-ring (bicyclic) bond motifs is 1. The number of amides is 1. The predicted octanol–water partition coefficient (Wildman–Crippen LogP) is 2.46. The van der Waals surface area contributed by atoms with Gasteiger partial charge >= 0.3 is 0 Å². The van der Waals surface area contributed by atoms with Crippen LogP contribution in [0.25, 0.3) is 11.1 Å². The molecule has 3 N–H and O–H groups in total. The minimum absolute atomic E-state index is 0.166. The van der Waals surface area contributed by atoms with E-state index in [4.69, 9.17) is 10.2 Å². The van der Waals surface area contributed by atoms with Gasteiger partial charge in [-0.25, -0.2) is 4.98 Å². The second-order valence-electron chi connectivity index (χ2n) is 4.53. The molecular formula is C14H19N3O2. The van der Waals surface area contributed by atoms with Crippen LogP contribution in [0.1, 0.15) is 32.6 Å². The maximum absolute atomic E-state index is 11.8. The number of anilines is 1. The third kappa shape index (κ3) is 3.12. The van der Waals surface area contributed by atoms with E-state index in [1.54, 1.807) is 12.1 Å². The van der Waals surface area contributed by atoms with Crippen LogP contribution in [0.5, 0.6) is 0 Å². The fraction of sp³-hybridized carbons (Fsp3) is 0.429. The Morgan fingerprint density at radius 3 is 2.95 bits per heavy atom. The van der Waals surface area contributed by atoms with Gasteiger partial charge in [-0.05, 0) is 24.6 Å². The molecule has 0 unspecified atom stereocenters. The first-order valence-corrected chi connectivity index (χ1v) is 6.60. The molecule has 0 bridgehead atoms. The molecule has 1 aromatic heterocycles. The van der Waals surface area contributed by atoms with Gasteiger partial charge in [-0.3, -0.25) is 4.79 Å². The third-order valence-electron chi connectivity index (χ3n) is 2.94. The summed E-state index contributed by atoms with van der Waals surface area (Å²) in [6.07, 6.45) is 2.31. The van der Waals surface area contributed by atoms with E-state index in [9.17, 15) is 4.79 Å². The van der Waals surface area contributed by atoms with Gasteiger partial charge in [0, 0.05) is 12.1 Å². The Hall–Kier alpha value is -1.88. The Kier molecular flexibility index (Phi) is 4.16. The van der Waals surface area contributed by atoms with Crippen LogP contribution in [0.15, 0.2) is 22.6 Å². The maximum atomic E-state index is 11.8. The van der Waals surface area contributed by atoms with Crippen LogP contribution in [-0.2, 0) is 11.2 Å². The number of nitrogens with two attached hydrogens (primary N) is 1. The Bertz CT molecular complexity index is 577. The number of aryl methyl sites for hydroxylation is 1. The lowest BCUT2D eigenvalue weighted by molar-refractivity contribution is -0.117. The van der Waals surface area contributed by atoms with Crippen molar-refractivity contribution < 1.29 is 9.21 Å². The molecule has 1 amide bonds. The number of carbonyl (C=O) groups excluding carboxylic acids is 1. The fourth-order valence-electron chi connectivity index (χ4n) is 1.88. The van der Waals surface area contributed by atoms with Crippen molar-refractivity contribution in [3.05, 3.63) is 24.1 Å². The summed E-state index contributed by atoms with van der Waals surface area (Å²) in [5.74, 6) is 0.529. The van der Waals surface area contributed by atoms with Gasteiger partial charge < -0.3 is 15.5 Å². The smallest absolute Gasteiger partial charge is 0.241 e. The average Bonchev–Trinajstić information content (AvgIpc) is 2.81. The number of rotatable bonds is 5. The molecular weight excluding hydrogens is 242 g/mol. The first kappa shape index (κ1) is 13.5. The molecule has 0 aliphatic carbocycles. The second-order valence-corrected chi connectivity index (χ2v) is 4.53. The largest absolute Gasteiger partial charge is 0.441 e. The van der Waals surface area contributed by atoms with Crippen molar-refractivity contribution in [1.82, 2.24) is 4.98 Å². The first-order chi connectivity index (χ1) is 9.13. The van der Waals surface area contributed by atoms with Crippen LogP contribution >= 0.6 is 0 Å². The molecule has 19 heavy (non-hydrogen) atoms. The van der Waals surface area contributed by atoms with Gasteiger partial charge in [0.25, 0.3) is 0 Å². The van der Waals surface area contributed by atoms with E-state index in [-0.39, 0.29) is 5.91 Å². The Balaban J connectivity index is 2.14. The Morgan fingerprint density at radius 1 is 1.47 bits per heavy atom. The van der Waals surface area contributed by atoms with Gasteiger partial charge in [-0.2, -0.15) is 0 Å². The molecule has 0 spiro atoms. The van der Waals surface area contributed by atoms with Gasteiger partial charge in [0.05, 0.1) is 6.04 Å². The van der Waals surface area contributed by atoms with Gasteiger partial charge in [0.2, 0.25) is 5.91 Å². The molecule has 0 radical (unpaired) electrons. The van der Waals surface area contributed by atoms with Crippen molar-refractivity contribution in [3.63, 3.8) is 0 Å². The van der Waals surface area contributed by atoms with Crippen molar-refractivity contribution >= 4 is 22.7 Å². The number of oxazole rings is 1. The fourth-order valence-corrected chi connectivity index (χ4v) is 1.88. The highest BCUT2D eigenvalue weighted by Gasteiger charge is 2.13. The molecule has 102 valence electrons. The zero-order chi connectivity index (χ0) is 13.8. The zero-order valence-corrected chi connectivity index (χ0v) is 11.3. The van der Waals surface area contributed by atoms with Crippen molar-refractivity contribution in [2.75, 3.05) is 5.32 Å². The number of benzene rings is 1. The van der Waals surface area contributed by atoms with Crippen molar-refractivity contribution in [3.8, 4) is 0 Å². The van der Waals surface area contributed by atoms with Gasteiger partial charge in [0.1, 0.15) is 5.52 Å². The minimum atomic E-state index is -0.468. The van der Waals surface area contributed by atoms with E-state index in [1.807, 2.05) is 19.9 Å². The number of nitrogens with one attached hydrogen (secondary N) is 1. The molecule has 2 aromatic rings. The van der Waals surface area contributed by atoms with Gasteiger partial charge in [-0.1, -0.05) is 20.3 Å². The SMILES string of the molecule is CCC[C@H](N)C(=O)Nc1ccc2oc(CC)nc2c1. The summed E-state index contributed by atoms with van der Waals surface area (Å²) >= 11 is 0. The monoisotopic (exact) mass is 261 g/mol. The lowest BCUT2D eigenvalue weighted by Gasteiger charge is -2.10. The summed E-state index contributed by atoms with van der Waals surface area (Å²) in [6.45, 7) is 3.98. The van der Waals surface area contributed by atoms with Crippen LogP contribution in [-0.4, -0.2) is 16.9 Å². The van der Waals surface area contributed by atoms with Crippen molar-refractivity contribution in [1.29, 1.82) is 0 Å². The summed E-state index contributed by atoms with van der Waals surface area (Å²) in [4.78, 5) is 16.2. The Morgan fingerprint density at radius 2 is 2.26 bits per heavy atom. The molecule has 1 aromatic carbocycles. The maximum Gasteiger partial charge on any atom is 0.241 e. The standard InChI is InChI=1S/C14H19N3O2/c1-3-5-10(15)14(18)16-9-6-7-12-11(8-9)17-13(4-2)19-12/h6-8,10H,3-5,15H2,1-2H3,(H,16,18)/t10-/m0/s1. The molecule has 0 fully saturated rings. The summed E-state index contributed by atoms with van der Waals surface area (Å²) in [7, 11) is 0.